The topological polar surface area (TPSA) is 131 Å². The number of rotatable bonds is 5. The van der Waals surface area contributed by atoms with Gasteiger partial charge in [0.25, 0.3) is 0 Å². The predicted octanol–water partition coefficient (Wildman–Crippen LogP) is -2.21. The molecule has 0 heterocycles. The van der Waals surface area contributed by atoms with Gasteiger partial charge in [0.2, 0.25) is 5.91 Å². The lowest BCUT2D eigenvalue weighted by Crippen LogP contribution is -2.40. The number of hydrogen-bond donors (Lipinski definition) is 4. The van der Waals surface area contributed by atoms with Gasteiger partial charge in [0.1, 0.15) is 0 Å². The number of hydroxylamine groups is 1. The van der Waals surface area contributed by atoms with Crippen molar-refractivity contribution in [2.75, 3.05) is 13.2 Å². The minimum Gasteiger partial charge on any atom is -0.479 e. The molecule has 0 radical (unpaired) electrons. The van der Waals surface area contributed by atoms with Gasteiger partial charge in [-0.25, -0.2) is 15.1 Å². The van der Waals surface area contributed by atoms with E-state index < -0.39 is 24.5 Å². The summed E-state index contributed by atoms with van der Waals surface area (Å²) >= 11 is 0. The molecule has 0 saturated carbocycles. The van der Waals surface area contributed by atoms with Crippen LogP contribution in [0.2, 0.25) is 0 Å². The van der Waals surface area contributed by atoms with Crippen LogP contribution in [-0.4, -0.2) is 36.2 Å². The highest BCUT2D eigenvalue weighted by atomic mass is 16.7. The molecule has 0 bridgehead atoms. The van der Waals surface area contributed by atoms with Gasteiger partial charge in [0.15, 0.2) is 6.61 Å². The number of urea groups is 1. The number of nitrogens with one attached hydrogen (secondary N) is 2. The highest BCUT2D eigenvalue weighted by Gasteiger charge is 2.02. The number of carboxylic acids is 1. The molecule has 8 nitrogen and oxygen atoms in total. The van der Waals surface area contributed by atoms with Crippen molar-refractivity contribution in [2.24, 2.45) is 5.73 Å². The van der Waals surface area contributed by atoms with Crippen LogP contribution >= 0.6 is 0 Å². The zero-order valence-corrected chi connectivity index (χ0v) is 6.57. The molecule has 0 aromatic heterocycles. The van der Waals surface area contributed by atoms with Gasteiger partial charge >= 0.3 is 12.0 Å². The molecule has 0 spiro atoms. The predicted molar refractivity (Wildman–Crippen MR) is 39.3 cm³/mol. The van der Waals surface area contributed by atoms with Crippen LogP contribution in [0.25, 0.3) is 0 Å². The van der Waals surface area contributed by atoms with Crippen molar-refractivity contribution in [3.8, 4) is 0 Å². The van der Waals surface area contributed by atoms with Crippen LogP contribution in [-0.2, 0) is 14.4 Å². The van der Waals surface area contributed by atoms with Crippen molar-refractivity contribution in [2.45, 2.75) is 0 Å². The maximum atomic E-state index is 10.6. The summed E-state index contributed by atoms with van der Waals surface area (Å²) in [6.07, 6.45) is 0. The third-order valence-electron chi connectivity index (χ3n) is 0.784. The van der Waals surface area contributed by atoms with Gasteiger partial charge < -0.3 is 16.2 Å². The summed E-state index contributed by atoms with van der Waals surface area (Å²) in [5, 5.41) is 10.1. The first kappa shape index (κ1) is 11.2. The number of carboxylic acid groups (broad SMARTS) is 1. The van der Waals surface area contributed by atoms with Gasteiger partial charge in [-0.1, -0.05) is 0 Å². The SMILES string of the molecule is NC(=O)CNC(=O)NOCC(=O)O. The molecule has 0 atom stereocenters. The zero-order valence-electron chi connectivity index (χ0n) is 6.57. The normalized spacial score (nSPS) is 8.92. The fraction of sp³-hybridized carbons (Fsp3) is 0.400. The van der Waals surface area contributed by atoms with Crippen molar-refractivity contribution < 1.29 is 24.3 Å². The number of hydrogen-bond acceptors (Lipinski definition) is 4. The number of primary amides is 1. The molecule has 0 saturated heterocycles. The molecule has 3 amide bonds. The average molecular weight is 191 g/mol. The maximum absolute atomic E-state index is 10.6. The van der Waals surface area contributed by atoms with Crippen LogP contribution in [0.15, 0.2) is 0 Å². The lowest BCUT2D eigenvalue weighted by Gasteiger charge is -2.03. The maximum Gasteiger partial charge on any atom is 0.339 e. The van der Waals surface area contributed by atoms with Gasteiger partial charge in [-0.05, 0) is 0 Å². The highest BCUT2D eigenvalue weighted by molar-refractivity contribution is 5.82. The summed E-state index contributed by atoms with van der Waals surface area (Å²) < 4.78 is 0. The summed E-state index contributed by atoms with van der Waals surface area (Å²) in [6.45, 7) is -1.01. The third-order valence-corrected chi connectivity index (χ3v) is 0.784. The second-order valence-electron chi connectivity index (χ2n) is 1.93. The Morgan fingerprint density at radius 3 is 2.46 bits per heavy atom. The molecule has 0 aromatic rings. The summed E-state index contributed by atoms with van der Waals surface area (Å²) in [7, 11) is 0. The van der Waals surface area contributed by atoms with Crippen molar-refractivity contribution in [3.63, 3.8) is 0 Å². The van der Waals surface area contributed by atoms with Crippen molar-refractivity contribution in [1.82, 2.24) is 10.8 Å². The summed E-state index contributed by atoms with van der Waals surface area (Å²) in [4.78, 5) is 34.8. The Bertz CT molecular complexity index is 216. The quantitative estimate of drug-likeness (QED) is 0.366. The Kier molecular flexibility index (Phi) is 4.96. The molecule has 8 heteroatoms. The molecule has 0 aromatic carbocycles. The molecule has 13 heavy (non-hydrogen) atoms. The molecule has 0 rings (SSSR count). The van der Waals surface area contributed by atoms with Crippen molar-refractivity contribution >= 4 is 17.9 Å². The van der Waals surface area contributed by atoms with E-state index in [9.17, 15) is 14.4 Å². The van der Waals surface area contributed by atoms with Gasteiger partial charge in [0, 0.05) is 0 Å². The fourth-order valence-corrected chi connectivity index (χ4v) is 0.367. The number of aliphatic carboxylic acids is 1. The Balaban J connectivity index is 3.41. The first-order valence-corrected chi connectivity index (χ1v) is 3.18. The molecular formula is C5H9N3O5. The minimum atomic E-state index is -1.23. The second kappa shape index (κ2) is 5.77. The molecule has 0 aliphatic heterocycles. The van der Waals surface area contributed by atoms with Crippen LogP contribution in [0.3, 0.4) is 0 Å². The van der Waals surface area contributed by atoms with Crippen LogP contribution in [0, 0.1) is 0 Å². The smallest absolute Gasteiger partial charge is 0.339 e. The van der Waals surface area contributed by atoms with Gasteiger partial charge in [-0.15, -0.1) is 0 Å². The average Bonchev–Trinajstić information content (AvgIpc) is 2.00. The standard InChI is InChI=1S/C5H9N3O5/c6-3(9)1-7-5(12)8-13-2-4(10)11/h1-2H2,(H2,6,9)(H,10,11)(H2,7,8,12). The zero-order chi connectivity index (χ0) is 10.3. The van der Waals surface area contributed by atoms with Crippen LogP contribution in [0.4, 0.5) is 4.79 Å². The number of amides is 3. The summed E-state index contributed by atoms with van der Waals surface area (Å²) in [5.41, 5.74) is 6.43. The molecule has 5 N–H and O–H groups in total. The number of carbonyl (C=O) groups excluding carboxylic acids is 2. The Morgan fingerprint density at radius 1 is 1.38 bits per heavy atom. The van der Waals surface area contributed by atoms with Crippen molar-refractivity contribution in [3.05, 3.63) is 0 Å². The van der Waals surface area contributed by atoms with E-state index in [0.717, 1.165) is 0 Å². The molecule has 0 aliphatic carbocycles. The van der Waals surface area contributed by atoms with Crippen LogP contribution < -0.4 is 16.5 Å². The minimum absolute atomic E-state index is 0.345. The summed E-state index contributed by atoms with van der Waals surface area (Å²) in [5.74, 6) is -1.94. The van der Waals surface area contributed by atoms with E-state index in [1.165, 1.54) is 0 Å². The molecule has 0 aliphatic rings. The summed E-state index contributed by atoms with van der Waals surface area (Å²) in [6, 6.07) is -0.833. The molecular weight excluding hydrogens is 182 g/mol. The van der Waals surface area contributed by atoms with Crippen LogP contribution in [0.1, 0.15) is 0 Å². The fourth-order valence-electron chi connectivity index (χ4n) is 0.367. The van der Waals surface area contributed by atoms with Crippen molar-refractivity contribution in [1.29, 1.82) is 0 Å². The van der Waals surface area contributed by atoms with E-state index >= 15 is 0 Å². The first-order chi connectivity index (χ1) is 6.02. The van der Waals surface area contributed by atoms with Crippen LogP contribution in [0.5, 0.6) is 0 Å². The van der Waals surface area contributed by atoms with Gasteiger partial charge in [-0.2, -0.15) is 0 Å². The van der Waals surface area contributed by atoms with E-state index in [4.69, 9.17) is 10.8 Å². The Labute approximate surface area is 73.0 Å². The molecule has 0 unspecified atom stereocenters. The van der Waals surface area contributed by atoms with E-state index in [0.29, 0.717) is 0 Å². The number of nitrogens with two attached hydrogens (primary N) is 1. The largest absolute Gasteiger partial charge is 0.479 e. The first-order valence-electron chi connectivity index (χ1n) is 3.18. The second-order valence-corrected chi connectivity index (χ2v) is 1.93. The van der Waals surface area contributed by atoms with Gasteiger partial charge in [-0.3, -0.25) is 9.63 Å². The van der Waals surface area contributed by atoms with E-state index in [-0.39, 0.29) is 6.54 Å². The Morgan fingerprint density at radius 2 is 2.00 bits per heavy atom. The van der Waals surface area contributed by atoms with E-state index in [1.807, 2.05) is 5.32 Å². The highest BCUT2D eigenvalue weighted by Crippen LogP contribution is 1.69. The lowest BCUT2D eigenvalue weighted by molar-refractivity contribution is -0.144. The third kappa shape index (κ3) is 8.07. The Hall–Kier alpha value is -1.83. The lowest BCUT2D eigenvalue weighted by atomic mass is 10.6. The monoisotopic (exact) mass is 191 g/mol. The van der Waals surface area contributed by atoms with E-state index in [2.05, 4.69) is 4.84 Å². The van der Waals surface area contributed by atoms with E-state index in [1.54, 1.807) is 5.48 Å². The molecule has 0 fully saturated rings. The molecule has 74 valence electrons. The number of carbonyl (C=O) groups is 3. The van der Waals surface area contributed by atoms with Gasteiger partial charge in [0.05, 0.1) is 6.54 Å².